The summed E-state index contributed by atoms with van der Waals surface area (Å²) in [4.78, 5) is 12.0. The molecule has 1 N–H and O–H groups in total. The highest BCUT2D eigenvalue weighted by atomic mass is 32.2. The number of unbranched alkanes of at least 4 members (excludes halogenated alkanes) is 1. The molecule has 1 aromatic carbocycles. The molecule has 3 rings (SSSR count). The summed E-state index contributed by atoms with van der Waals surface area (Å²) in [5.41, 5.74) is -0.00172. The van der Waals surface area contributed by atoms with E-state index in [2.05, 4.69) is 6.92 Å². The van der Waals surface area contributed by atoms with E-state index in [1.807, 2.05) is 12.1 Å². The van der Waals surface area contributed by atoms with Gasteiger partial charge in [-0.05, 0) is 42.9 Å². The first-order valence-corrected chi connectivity index (χ1v) is 10.2. The van der Waals surface area contributed by atoms with Gasteiger partial charge in [0.2, 0.25) is 10.0 Å². The zero-order valence-electron chi connectivity index (χ0n) is 14.5. The van der Waals surface area contributed by atoms with Gasteiger partial charge < -0.3 is 9.84 Å². The van der Waals surface area contributed by atoms with Crippen molar-refractivity contribution in [3.63, 3.8) is 0 Å². The van der Waals surface area contributed by atoms with Crippen LogP contribution in [0.4, 0.5) is 0 Å². The van der Waals surface area contributed by atoms with Gasteiger partial charge in [-0.25, -0.2) is 8.42 Å². The predicted molar refractivity (Wildman–Crippen MR) is 92.8 cm³/mol. The molecular weight excluding hydrogens is 342 g/mol. The van der Waals surface area contributed by atoms with Crippen molar-refractivity contribution < 1.29 is 23.1 Å². The summed E-state index contributed by atoms with van der Waals surface area (Å²) >= 11 is 0. The normalized spacial score (nSPS) is 27.2. The van der Waals surface area contributed by atoms with E-state index >= 15 is 0 Å². The lowest BCUT2D eigenvalue weighted by Crippen LogP contribution is -2.46. The number of rotatable bonds is 6. The summed E-state index contributed by atoms with van der Waals surface area (Å²) in [6, 6.07) is 6.96. The van der Waals surface area contributed by atoms with Gasteiger partial charge in [0, 0.05) is 19.7 Å². The molecule has 0 bridgehead atoms. The monoisotopic (exact) mass is 367 g/mol. The molecule has 0 aromatic heterocycles. The lowest BCUT2D eigenvalue weighted by Gasteiger charge is -2.34. The summed E-state index contributed by atoms with van der Waals surface area (Å²) in [5.74, 6) is -1.16. The minimum atomic E-state index is -3.69. The van der Waals surface area contributed by atoms with Crippen molar-refractivity contribution in [3.8, 4) is 0 Å². The minimum Gasteiger partial charge on any atom is -0.481 e. The molecule has 2 atom stereocenters. The molecule has 0 unspecified atom stereocenters. The fourth-order valence-corrected chi connectivity index (χ4v) is 5.34. The van der Waals surface area contributed by atoms with E-state index in [-0.39, 0.29) is 30.5 Å². The van der Waals surface area contributed by atoms with E-state index in [1.54, 1.807) is 12.1 Å². The molecule has 2 fully saturated rings. The highest BCUT2D eigenvalue weighted by Crippen LogP contribution is 2.43. The number of carboxylic acid groups (broad SMARTS) is 1. The fourth-order valence-electron chi connectivity index (χ4n) is 3.79. The number of nitrogens with zero attached hydrogens (tertiary/aromatic N) is 1. The van der Waals surface area contributed by atoms with Crippen molar-refractivity contribution in [2.75, 3.05) is 26.3 Å². The Morgan fingerprint density at radius 2 is 2.08 bits per heavy atom. The van der Waals surface area contributed by atoms with Gasteiger partial charge in [0.05, 0.1) is 11.5 Å². The van der Waals surface area contributed by atoms with Crippen molar-refractivity contribution >= 4 is 16.0 Å². The molecule has 2 aliphatic heterocycles. The van der Waals surface area contributed by atoms with Gasteiger partial charge >= 0.3 is 5.97 Å². The Hall–Kier alpha value is -1.44. The molecule has 0 saturated carbocycles. The molecule has 0 aliphatic carbocycles. The van der Waals surface area contributed by atoms with E-state index in [0.717, 1.165) is 24.8 Å². The first kappa shape index (κ1) is 18.4. The number of aryl methyl sites for hydroxylation is 1. The number of benzene rings is 1. The van der Waals surface area contributed by atoms with Crippen LogP contribution in [0.5, 0.6) is 0 Å². The highest BCUT2D eigenvalue weighted by Gasteiger charge is 2.56. The molecule has 138 valence electrons. The van der Waals surface area contributed by atoms with Crippen LogP contribution >= 0.6 is 0 Å². The predicted octanol–water partition coefficient (Wildman–Crippen LogP) is 2.14. The van der Waals surface area contributed by atoms with Crippen molar-refractivity contribution in [1.29, 1.82) is 0 Å². The molecule has 2 saturated heterocycles. The van der Waals surface area contributed by atoms with Crippen LogP contribution in [-0.2, 0) is 26.0 Å². The summed E-state index contributed by atoms with van der Waals surface area (Å²) in [6.45, 7) is 2.91. The third-order valence-electron chi connectivity index (χ3n) is 5.44. The lowest BCUT2D eigenvalue weighted by molar-refractivity contribution is -0.159. The number of fused-ring (bicyclic) bond motifs is 1. The second-order valence-corrected chi connectivity index (χ2v) is 8.98. The first-order chi connectivity index (χ1) is 11.9. The second kappa shape index (κ2) is 7.05. The summed E-state index contributed by atoms with van der Waals surface area (Å²) in [6.07, 6.45) is 3.67. The first-order valence-electron chi connectivity index (χ1n) is 8.80. The van der Waals surface area contributed by atoms with Crippen LogP contribution in [0.25, 0.3) is 0 Å². The number of aliphatic carboxylic acids is 1. The number of hydrogen-bond donors (Lipinski definition) is 1. The molecule has 0 amide bonds. The van der Waals surface area contributed by atoms with Crippen molar-refractivity contribution in [3.05, 3.63) is 29.8 Å². The zero-order valence-corrected chi connectivity index (χ0v) is 15.3. The van der Waals surface area contributed by atoms with Crippen LogP contribution in [-0.4, -0.2) is 50.1 Å². The Morgan fingerprint density at radius 1 is 1.36 bits per heavy atom. The van der Waals surface area contributed by atoms with Gasteiger partial charge in [-0.15, -0.1) is 0 Å². The number of carboxylic acids is 1. The quantitative estimate of drug-likeness (QED) is 0.833. The van der Waals surface area contributed by atoms with Crippen LogP contribution in [0, 0.1) is 11.3 Å². The maximum absolute atomic E-state index is 13.0. The Morgan fingerprint density at radius 3 is 2.68 bits per heavy atom. The van der Waals surface area contributed by atoms with Crippen molar-refractivity contribution in [1.82, 2.24) is 4.31 Å². The largest absolute Gasteiger partial charge is 0.481 e. The maximum atomic E-state index is 13.0. The number of sulfonamides is 1. The van der Waals surface area contributed by atoms with E-state index in [9.17, 15) is 18.3 Å². The molecule has 25 heavy (non-hydrogen) atoms. The van der Waals surface area contributed by atoms with E-state index in [1.165, 1.54) is 4.31 Å². The second-order valence-electron chi connectivity index (χ2n) is 7.04. The Kier molecular flexibility index (Phi) is 5.18. The van der Waals surface area contributed by atoms with E-state index < -0.39 is 21.4 Å². The Bertz CT molecular complexity index is 730. The number of hydrogen-bond acceptors (Lipinski definition) is 4. The maximum Gasteiger partial charge on any atom is 0.313 e. The van der Waals surface area contributed by atoms with Crippen LogP contribution in [0.15, 0.2) is 29.2 Å². The minimum absolute atomic E-state index is 0.0209. The Labute approximate surface area is 148 Å². The lowest BCUT2D eigenvalue weighted by atomic mass is 9.76. The summed E-state index contributed by atoms with van der Waals surface area (Å²) in [7, 11) is -3.69. The van der Waals surface area contributed by atoms with E-state index in [4.69, 9.17) is 4.74 Å². The van der Waals surface area contributed by atoms with Gasteiger partial charge in [-0.1, -0.05) is 25.5 Å². The van der Waals surface area contributed by atoms with Gasteiger partial charge in [-0.2, -0.15) is 4.31 Å². The number of ether oxygens (including phenoxy) is 1. The third kappa shape index (κ3) is 3.32. The molecule has 1 aromatic rings. The molecule has 0 spiro atoms. The smallest absolute Gasteiger partial charge is 0.313 e. The molecule has 6 nitrogen and oxygen atoms in total. The van der Waals surface area contributed by atoms with Gasteiger partial charge in [0.1, 0.15) is 5.41 Å². The summed E-state index contributed by atoms with van der Waals surface area (Å²) in [5, 5.41) is 9.67. The average molecular weight is 367 g/mol. The number of carbonyl (C=O) groups is 1. The zero-order chi connectivity index (χ0) is 18.1. The van der Waals surface area contributed by atoms with E-state index in [0.29, 0.717) is 13.0 Å². The molecule has 2 heterocycles. The van der Waals surface area contributed by atoms with Gasteiger partial charge in [0.15, 0.2) is 0 Å². The molecule has 7 heteroatoms. The molecule has 2 aliphatic rings. The van der Waals surface area contributed by atoms with Crippen LogP contribution < -0.4 is 0 Å². The fraction of sp³-hybridized carbons (Fsp3) is 0.611. The van der Waals surface area contributed by atoms with Gasteiger partial charge in [0.25, 0.3) is 0 Å². The van der Waals surface area contributed by atoms with Crippen LogP contribution in [0.3, 0.4) is 0 Å². The molecule has 0 radical (unpaired) electrons. The summed E-state index contributed by atoms with van der Waals surface area (Å²) < 4.78 is 32.6. The van der Waals surface area contributed by atoms with Gasteiger partial charge in [-0.3, -0.25) is 4.79 Å². The topological polar surface area (TPSA) is 83.9 Å². The van der Waals surface area contributed by atoms with Crippen molar-refractivity contribution in [2.45, 2.75) is 37.5 Å². The third-order valence-corrected chi connectivity index (χ3v) is 7.27. The average Bonchev–Trinajstić information content (AvgIpc) is 3.02. The SMILES string of the molecule is CCCCc1ccc(S(=O)(=O)N2C[C@@H]3CCOC[C@]3(C(=O)O)C2)cc1. The van der Waals surface area contributed by atoms with Crippen molar-refractivity contribution in [2.24, 2.45) is 11.3 Å². The van der Waals surface area contributed by atoms with Crippen LogP contribution in [0.1, 0.15) is 31.7 Å². The van der Waals surface area contributed by atoms with Crippen LogP contribution in [0.2, 0.25) is 0 Å². The molecular formula is C18H25NO5S. The standard InChI is InChI=1S/C18H25NO5S/c1-2-3-4-14-5-7-16(8-6-14)25(22,23)19-11-15-9-10-24-13-18(15,12-19)17(20)21/h5-8,15H,2-4,9-13H2,1H3,(H,20,21)/t15-,18+/m0/s1. The highest BCUT2D eigenvalue weighted by molar-refractivity contribution is 7.89. The Balaban J connectivity index is 1.82.